The number of hydrogen-bond acceptors (Lipinski definition) is 2. The second-order valence-electron chi connectivity index (χ2n) is 8.41. The lowest BCUT2D eigenvalue weighted by Gasteiger charge is -2.33. The zero-order valence-electron chi connectivity index (χ0n) is 16.4. The van der Waals surface area contributed by atoms with Crippen LogP contribution >= 0.6 is 0 Å². The van der Waals surface area contributed by atoms with Gasteiger partial charge in [0.15, 0.2) is 0 Å². The van der Waals surface area contributed by atoms with Crippen molar-refractivity contribution in [3.63, 3.8) is 0 Å². The Morgan fingerprint density at radius 3 is 2.16 bits per heavy atom. The second kappa shape index (κ2) is 7.49. The number of ether oxygens (including phenoxy) is 1. The first-order chi connectivity index (χ1) is 11.9. The van der Waals surface area contributed by atoms with Gasteiger partial charge in [-0.1, -0.05) is 45.9 Å². The second-order valence-corrected chi connectivity index (χ2v) is 8.41. The summed E-state index contributed by atoms with van der Waals surface area (Å²) < 4.78 is 6.44. The van der Waals surface area contributed by atoms with Crippen LogP contribution in [0.25, 0.3) is 0 Å². The molecule has 1 aromatic carbocycles. The van der Waals surface area contributed by atoms with Gasteiger partial charge in [0.05, 0.1) is 24.7 Å². The Kier molecular flexibility index (Phi) is 5.52. The van der Waals surface area contributed by atoms with Crippen LogP contribution in [0.3, 0.4) is 0 Å². The van der Waals surface area contributed by atoms with E-state index in [0.717, 1.165) is 19.4 Å². The van der Waals surface area contributed by atoms with Gasteiger partial charge < -0.3 is 9.64 Å². The molecule has 0 radical (unpaired) electrons. The zero-order valence-corrected chi connectivity index (χ0v) is 16.4. The minimum Gasteiger partial charge on any atom is -0.368 e. The van der Waals surface area contributed by atoms with Crippen LogP contribution in [-0.4, -0.2) is 29.5 Å². The van der Waals surface area contributed by atoms with E-state index in [0.29, 0.717) is 24.3 Å². The number of carbonyl (C=O) groups excluding carboxylic acids is 1. The van der Waals surface area contributed by atoms with Crippen molar-refractivity contribution in [1.82, 2.24) is 4.90 Å². The summed E-state index contributed by atoms with van der Waals surface area (Å²) in [6.45, 7) is 12.0. The van der Waals surface area contributed by atoms with Crippen molar-refractivity contribution in [2.45, 2.75) is 90.4 Å². The van der Waals surface area contributed by atoms with Gasteiger partial charge in [-0.2, -0.15) is 0 Å². The Balaban J connectivity index is 1.78. The number of carbonyl (C=O) groups is 1. The van der Waals surface area contributed by atoms with Gasteiger partial charge in [-0.3, -0.25) is 4.79 Å². The summed E-state index contributed by atoms with van der Waals surface area (Å²) in [5, 5.41) is 0. The van der Waals surface area contributed by atoms with Crippen LogP contribution in [0.5, 0.6) is 0 Å². The highest BCUT2D eigenvalue weighted by molar-refractivity contribution is 5.80. The standard InChI is InChI=1S/C22H33NO2/c1-14(2)17-10-18(15(3)4)12-19(11-17)16(5)25-21-13-22(24)23-9-7-6-8-20(21)23/h10-12,14-16,20-21H,6-9,13H2,1-5H3/t16-,20-,21+/m0/s1. The highest BCUT2D eigenvalue weighted by Gasteiger charge is 2.42. The molecule has 0 saturated carbocycles. The molecule has 3 atom stereocenters. The molecule has 2 aliphatic rings. The number of amides is 1. The van der Waals surface area contributed by atoms with Crippen LogP contribution in [0, 0.1) is 0 Å². The normalized spacial score (nSPS) is 24.9. The summed E-state index contributed by atoms with van der Waals surface area (Å²) in [6, 6.07) is 7.20. The highest BCUT2D eigenvalue weighted by atomic mass is 16.5. The first-order valence-electron chi connectivity index (χ1n) is 9.96. The summed E-state index contributed by atoms with van der Waals surface area (Å²) in [7, 11) is 0. The molecule has 0 bridgehead atoms. The maximum Gasteiger partial charge on any atom is 0.225 e. The minimum absolute atomic E-state index is 0.0240. The van der Waals surface area contributed by atoms with Crippen LogP contribution in [0.15, 0.2) is 18.2 Å². The molecule has 1 aromatic rings. The highest BCUT2D eigenvalue weighted by Crippen LogP contribution is 2.34. The number of fused-ring (bicyclic) bond motifs is 1. The van der Waals surface area contributed by atoms with Crippen molar-refractivity contribution < 1.29 is 9.53 Å². The third-order valence-electron chi connectivity index (χ3n) is 5.86. The summed E-state index contributed by atoms with van der Waals surface area (Å²) in [4.78, 5) is 14.3. The fourth-order valence-corrected chi connectivity index (χ4v) is 4.16. The lowest BCUT2D eigenvalue weighted by molar-refractivity contribution is -0.129. The van der Waals surface area contributed by atoms with E-state index in [1.165, 1.54) is 23.1 Å². The molecule has 2 heterocycles. The molecule has 3 rings (SSSR count). The molecule has 0 spiro atoms. The molecule has 0 aliphatic carbocycles. The smallest absolute Gasteiger partial charge is 0.225 e. The van der Waals surface area contributed by atoms with Crippen LogP contribution < -0.4 is 0 Å². The predicted molar refractivity (Wildman–Crippen MR) is 102 cm³/mol. The molecule has 138 valence electrons. The van der Waals surface area contributed by atoms with E-state index in [9.17, 15) is 4.79 Å². The SMILES string of the molecule is CC(C)c1cc(C(C)C)cc([C@H](C)O[C@@H]2CC(=O)N3CCCC[C@@H]23)c1. The minimum atomic E-state index is 0.0240. The third-order valence-corrected chi connectivity index (χ3v) is 5.86. The van der Waals surface area contributed by atoms with E-state index in [1.807, 2.05) is 0 Å². The summed E-state index contributed by atoms with van der Waals surface area (Å²) in [5.74, 6) is 1.29. The lowest BCUT2D eigenvalue weighted by Crippen LogP contribution is -2.41. The van der Waals surface area contributed by atoms with E-state index in [1.54, 1.807) is 0 Å². The largest absolute Gasteiger partial charge is 0.368 e. The first-order valence-corrected chi connectivity index (χ1v) is 9.96. The number of hydrogen-bond donors (Lipinski definition) is 0. The van der Waals surface area contributed by atoms with Crippen molar-refractivity contribution in [3.8, 4) is 0 Å². The fraction of sp³-hybridized carbons (Fsp3) is 0.682. The van der Waals surface area contributed by atoms with Gasteiger partial charge in [0.25, 0.3) is 0 Å². The van der Waals surface area contributed by atoms with Crippen molar-refractivity contribution in [3.05, 3.63) is 34.9 Å². The summed E-state index contributed by atoms with van der Waals surface area (Å²) >= 11 is 0. The fourth-order valence-electron chi connectivity index (χ4n) is 4.16. The van der Waals surface area contributed by atoms with Crippen LogP contribution in [-0.2, 0) is 9.53 Å². The molecular weight excluding hydrogens is 310 g/mol. The molecule has 0 unspecified atom stereocenters. The average Bonchev–Trinajstić information content (AvgIpc) is 2.90. The van der Waals surface area contributed by atoms with Gasteiger partial charge in [0.1, 0.15) is 0 Å². The first kappa shape index (κ1) is 18.4. The number of rotatable bonds is 5. The molecule has 2 fully saturated rings. The number of nitrogens with zero attached hydrogens (tertiary/aromatic N) is 1. The predicted octanol–water partition coefficient (Wildman–Crippen LogP) is 5.16. The Morgan fingerprint density at radius 1 is 0.960 bits per heavy atom. The van der Waals surface area contributed by atoms with E-state index < -0.39 is 0 Å². The van der Waals surface area contributed by atoms with Gasteiger partial charge in [-0.05, 0) is 54.7 Å². The van der Waals surface area contributed by atoms with Crippen LogP contribution in [0.4, 0.5) is 0 Å². The zero-order chi connectivity index (χ0) is 18.1. The Hall–Kier alpha value is -1.35. The van der Waals surface area contributed by atoms with Crippen LogP contribution in [0.2, 0.25) is 0 Å². The molecule has 3 heteroatoms. The molecule has 0 N–H and O–H groups in total. The van der Waals surface area contributed by atoms with Crippen molar-refractivity contribution >= 4 is 5.91 Å². The molecular formula is C22H33NO2. The quantitative estimate of drug-likeness (QED) is 0.738. The molecule has 25 heavy (non-hydrogen) atoms. The maximum atomic E-state index is 12.3. The average molecular weight is 344 g/mol. The molecule has 0 aromatic heterocycles. The van der Waals surface area contributed by atoms with E-state index >= 15 is 0 Å². The van der Waals surface area contributed by atoms with Gasteiger partial charge in [0.2, 0.25) is 5.91 Å². The van der Waals surface area contributed by atoms with Crippen molar-refractivity contribution in [2.24, 2.45) is 0 Å². The van der Waals surface area contributed by atoms with E-state index in [-0.39, 0.29) is 18.1 Å². The molecule has 3 nitrogen and oxygen atoms in total. The van der Waals surface area contributed by atoms with Gasteiger partial charge in [-0.25, -0.2) is 0 Å². The summed E-state index contributed by atoms with van der Waals surface area (Å²) in [5.41, 5.74) is 3.99. The van der Waals surface area contributed by atoms with E-state index in [4.69, 9.17) is 4.74 Å². The molecule has 2 saturated heterocycles. The molecule has 2 aliphatic heterocycles. The number of piperidine rings is 1. The van der Waals surface area contributed by atoms with E-state index in [2.05, 4.69) is 57.7 Å². The van der Waals surface area contributed by atoms with Crippen molar-refractivity contribution in [2.75, 3.05) is 6.54 Å². The summed E-state index contributed by atoms with van der Waals surface area (Å²) in [6.07, 6.45) is 4.06. The number of benzene rings is 1. The topological polar surface area (TPSA) is 29.5 Å². The third kappa shape index (κ3) is 3.92. The monoisotopic (exact) mass is 343 g/mol. The van der Waals surface area contributed by atoms with Gasteiger partial charge >= 0.3 is 0 Å². The maximum absolute atomic E-state index is 12.3. The lowest BCUT2D eigenvalue weighted by atomic mass is 9.91. The van der Waals surface area contributed by atoms with Crippen molar-refractivity contribution in [1.29, 1.82) is 0 Å². The Labute approximate surface area is 152 Å². The van der Waals surface area contributed by atoms with Gasteiger partial charge in [0, 0.05) is 6.54 Å². The van der Waals surface area contributed by atoms with Gasteiger partial charge in [-0.15, -0.1) is 0 Å². The Morgan fingerprint density at radius 2 is 1.56 bits per heavy atom. The van der Waals surface area contributed by atoms with Crippen LogP contribution in [0.1, 0.15) is 94.9 Å². The Bertz CT molecular complexity index is 596. The molecule has 1 amide bonds.